The highest BCUT2D eigenvalue weighted by Crippen LogP contribution is 2.25. The van der Waals surface area contributed by atoms with Gasteiger partial charge in [-0.15, -0.1) is 0 Å². The lowest BCUT2D eigenvalue weighted by Crippen LogP contribution is -2.39. The van der Waals surface area contributed by atoms with E-state index in [2.05, 4.69) is 42.1 Å². The van der Waals surface area contributed by atoms with Crippen molar-refractivity contribution in [1.29, 1.82) is 0 Å². The molecule has 0 spiro atoms. The van der Waals surface area contributed by atoms with Crippen LogP contribution in [0.15, 0.2) is 23.4 Å². The van der Waals surface area contributed by atoms with E-state index in [0.717, 1.165) is 6.54 Å². The molecular formula is C16H25N3O. The molecule has 1 aliphatic rings. The maximum atomic E-state index is 8.81. The van der Waals surface area contributed by atoms with Gasteiger partial charge in [0.15, 0.2) is 5.84 Å². The van der Waals surface area contributed by atoms with Gasteiger partial charge in [0.1, 0.15) is 0 Å². The van der Waals surface area contributed by atoms with Crippen LogP contribution in [0.3, 0.4) is 0 Å². The van der Waals surface area contributed by atoms with Crippen LogP contribution in [-0.2, 0) is 6.54 Å². The predicted octanol–water partition coefficient (Wildman–Crippen LogP) is 2.79. The van der Waals surface area contributed by atoms with Gasteiger partial charge in [-0.1, -0.05) is 36.2 Å². The van der Waals surface area contributed by atoms with E-state index in [1.165, 1.54) is 42.4 Å². The Bertz CT molecular complexity index is 479. The van der Waals surface area contributed by atoms with Gasteiger partial charge in [0.2, 0.25) is 0 Å². The number of amidine groups is 1. The molecule has 110 valence electrons. The molecule has 0 aromatic heterocycles. The summed E-state index contributed by atoms with van der Waals surface area (Å²) in [5.74, 6) is 0.292. The van der Waals surface area contributed by atoms with Crippen molar-refractivity contribution in [3.8, 4) is 0 Å². The Morgan fingerprint density at radius 1 is 1.30 bits per heavy atom. The van der Waals surface area contributed by atoms with Gasteiger partial charge in [-0.25, -0.2) is 0 Å². The van der Waals surface area contributed by atoms with Gasteiger partial charge in [-0.2, -0.15) is 0 Å². The Labute approximate surface area is 121 Å². The molecule has 0 heterocycles. The van der Waals surface area contributed by atoms with Gasteiger partial charge in [-0.3, -0.25) is 4.90 Å². The second kappa shape index (κ2) is 6.75. The van der Waals surface area contributed by atoms with Crippen LogP contribution in [0.1, 0.15) is 42.4 Å². The first kappa shape index (κ1) is 14.9. The molecule has 1 aromatic rings. The molecule has 0 aliphatic heterocycles. The fraction of sp³-hybridized carbons (Fsp3) is 0.562. The molecule has 4 heteroatoms. The molecule has 0 bridgehead atoms. The molecule has 0 radical (unpaired) electrons. The minimum Gasteiger partial charge on any atom is -0.409 e. The normalized spacial score (nSPS) is 17.1. The van der Waals surface area contributed by atoms with Gasteiger partial charge in [0.05, 0.1) is 6.54 Å². The Balaban J connectivity index is 2.11. The molecule has 0 saturated heterocycles. The molecule has 1 aromatic carbocycles. The number of nitrogens with two attached hydrogens (primary N) is 1. The van der Waals surface area contributed by atoms with Gasteiger partial charge < -0.3 is 10.9 Å². The van der Waals surface area contributed by atoms with E-state index < -0.39 is 0 Å². The number of rotatable bonds is 5. The summed E-state index contributed by atoms with van der Waals surface area (Å²) in [6.07, 6.45) is 4.99. The monoisotopic (exact) mass is 275 g/mol. The van der Waals surface area contributed by atoms with Crippen LogP contribution in [0.25, 0.3) is 0 Å². The third kappa shape index (κ3) is 3.73. The maximum Gasteiger partial charge on any atom is 0.153 e. The van der Waals surface area contributed by atoms with Crippen LogP contribution >= 0.6 is 0 Å². The number of benzene rings is 1. The highest BCUT2D eigenvalue weighted by atomic mass is 16.4. The second-order valence-electron chi connectivity index (χ2n) is 5.85. The topological polar surface area (TPSA) is 61.8 Å². The van der Waals surface area contributed by atoms with Crippen molar-refractivity contribution < 1.29 is 5.21 Å². The molecule has 0 amide bonds. The average Bonchev–Trinajstić information content (AvgIpc) is 2.96. The zero-order valence-electron chi connectivity index (χ0n) is 12.5. The highest BCUT2D eigenvalue weighted by Gasteiger charge is 2.23. The summed E-state index contributed by atoms with van der Waals surface area (Å²) < 4.78 is 0. The van der Waals surface area contributed by atoms with Crippen molar-refractivity contribution in [3.05, 3.63) is 34.9 Å². The quantitative estimate of drug-likeness (QED) is 0.376. The zero-order valence-corrected chi connectivity index (χ0v) is 12.5. The zero-order chi connectivity index (χ0) is 14.5. The van der Waals surface area contributed by atoms with Crippen LogP contribution in [0.2, 0.25) is 0 Å². The van der Waals surface area contributed by atoms with Gasteiger partial charge in [-0.05, 0) is 43.4 Å². The van der Waals surface area contributed by atoms with E-state index in [-0.39, 0.29) is 0 Å². The summed E-state index contributed by atoms with van der Waals surface area (Å²) in [7, 11) is 0. The standard InChI is InChI=1S/C16H25N3O/c1-12-7-8-14(9-13(12)2)10-19(11-16(17)18-20)15-5-3-4-6-15/h7-9,15,20H,3-6,10-11H2,1-2H3,(H2,17,18). The predicted molar refractivity (Wildman–Crippen MR) is 82.0 cm³/mol. The Kier molecular flexibility index (Phi) is 5.01. The first-order chi connectivity index (χ1) is 9.60. The van der Waals surface area contributed by atoms with Crippen molar-refractivity contribution in [1.82, 2.24) is 4.90 Å². The molecule has 20 heavy (non-hydrogen) atoms. The largest absolute Gasteiger partial charge is 0.409 e. The number of hydrogen-bond donors (Lipinski definition) is 2. The summed E-state index contributed by atoms with van der Waals surface area (Å²) in [4.78, 5) is 2.34. The lowest BCUT2D eigenvalue weighted by molar-refractivity contribution is 0.214. The SMILES string of the molecule is Cc1ccc(CN(CC(N)=NO)C2CCCC2)cc1C. The lowest BCUT2D eigenvalue weighted by atomic mass is 10.1. The summed E-state index contributed by atoms with van der Waals surface area (Å²) in [6.45, 7) is 5.67. The summed E-state index contributed by atoms with van der Waals surface area (Å²) >= 11 is 0. The van der Waals surface area contributed by atoms with E-state index >= 15 is 0 Å². The fourth-order valence-corrected chi connectivity index (χ4v) is 2.96. The van der Waals surface area contributed by atoms with Crippen molar-refractivity contribution >= 4 is 5.84 Å². The Morgan fingerprint density at radius 3 is 2.60 bits per heavy atom. The first-order valence-corrected chi connectivity index (χ1v) is 7.36. The van der Waals surface area contributed by atoms with Crippen LogP contribution < -0.4 is 5.73 Å². The van der Waals surface area contributed by atoms with E-state index in [0.29, 0.717) is 18.4 Å². The highest BCUT2D eigenvalue weighted by molar-refractivity contribution is 5.81. The molecule has 0 atom stereocenters. The number of aryl methyl sites for hydroxylation is 2. The van der Waals surface area contributed by atoms with Crippen LogP contribution in [0.5, 0.6) is 0 Å². The number of nitrogens with zero attached hydrogens (tertiary/aromatic N) is 2. The molecular weight excluding hydrogens is 250 g/mol. The van der Waals surface area contributed by atoms with Crippen molar-refractivity contribution in [3.63, 3.8) is 0 Å². The minimum atomic E-state index is 0.292. The minimum absolute atomic E-state index is 0.292. The number of oxime groups is 1. The van der Waals surface area contributed by atoms with Crippen LogP contribution in [0, 0.1) is 13.8 Å². The molecule has 3 N–H and O–H groups in total. The molecule has 2 rings (SSSR count). The maximum absolute atomic E-state index is 8.81. The van der Waals surface area contributed by atoms with Crippen LogP contribution in [-0.4, -0.2) is 28.5 Å². The van der Waals surface area contributed by atoms with Crippen molar-refractivity contribution in [2.75, 3.05) is 6.54 Å². The van der Waals surface area contributed by atoms with E-state index in [4.69, 9.17) is 10.9 Å². The number of hydrogen-bond acceptors (Lipinski definition) is 3. The molecule has 1 saturated carbocycles. The third-order valence-corrected chi connectivity index (χ3v) is 4.29. The van der Waals surface area contributed by atoms with Gasteiger partial charge in [0, 0.05) is 12.6 Å². The molecule has 4 nitrogen and oxygen atoms in total. The van der Waals surface area contributed by atoms with Crippen molar-refractivity contribution in [2.24, 2.45) is 10.9 Å². The smallest absolute Gasteiger partial charge is 0.153 e. The van der Waals surface area contributed by atoms with Gasteiger partial charge in [0.25, 0.3) is 0 Å². The Hall–Kier alpha value is -1.55. The van der Waals surface area contributed by atoms with Crippen molar-refractivity contribution in [2.45, 2.75) is 52.1 Å². The third-order valence-electron chi connectivity index (χ3n) is 4.29. The molecule has 1 aliphatic carbocycles. The first-order valence-electron chi connectivity index (χ1n) is 7.36. The average molecular weight is 275 g/mol. The fourth-order valence-electron chi connectivity index (χ4n) is 2.96. The molecule has 0 unspecified atom stereocenters. The van der Waals surface area contributed by atoms with Gasteiger partial charge >= 0.3 is 0 Å². The summed E-state index contributed by atoms with van der Waals surface area (Å²) in [6, 6.07) is 7.14. The summed E-state index contributed by atoms with van der Waals surface area (Å²) in [5, 5.41) is 11.9. The van der Waals surface area contributed by atoms with E-state index in [1.54, 1.807) is 0 Å². The van der Waals surface area contributed by atoms with E-state index in [1.807, 2.05) is 0 Å². The molecule has 1 fully saturated rings. The van der Waals surface area contributed by atoms with E-state index in [9.17, 15) is 0 Å². The van der Waals surface area contributed by atoms with Crippen LogP contribution in [0.4, 0.5) is 0 Å². The summed E-state index contributed by atoms with van der Waals surface area (Å²) in [5.41, 5.74) is 9.64. The Morgan fingerprint density at radius 2 is 2.00 bits per heavy atom. The second-order valence-corrected chi connectivity index (χ2v) is 5.85. The lowest BCUT2D eigenvalue weighted by Gasteiger charge is -2.28.